The standard InChI is InChI=1S/C30H29N5O4S/c1-17-16-20(39-19-8-4-3-5-9-19)12-13-23(17)35-24-14-15-31-29-25(24)26(34-30(35)38)27(40-29)28(37)33-22-11-7-6-10-21(22)32-18(2)36/h3-5,8-9,12-16,21-22H,6-7,10-11H2,1-2H3,(H,32,36)(H,33,37)(H,34,38)/t21-,22+/m0/s1. The second kappa shape index (κ2) is 10.6. The summed E-state index contributed by atoms with van der Waals surface area (Å²) in [4.78, 5) is 45.9. The minimum atomic E-state index is -0.360. The summed E-state index contributed by atoms with van der Waals surface area (Å²) in [5.74, 6) is 1.00. The van der Waals surface area contributed by atoms with E-state index in [2.05, 4.69) is 20.9 Å². The van der Waals surface area contributed by atoms with E-state index in [-0.39, 0.29) is 29.9 Å². The lowest BCUT2D eigenvalue weighted by atomic mass is 9.90. The first-order valence-corrected chi connectivity index (χ1v) is 14.1. The third kappa shape index (κ3) is 4.86. The van der Waals surface area contributed by atoms with Gasteiger partial charge in [0.2, 0.25) is 5.91 Å². The number of carbonyl (C=O) groups is 3. The summed E-state index contributed by atoms with van der Waals surface area (Å²) in [6, 6.07) is 16.2. The van der Waals surface area contributed by atoms with Crippen LogP contribution in [0.5, 0.6) is 11.5 Å². The largest absolute Gasteiger partial charge is 0.457 e. The average Bonchev–Trinajstić information content (AvgIpc) is 3.30. The maximum absolute atomic E-state index is 13.6. The highest BCUT2D eigenvalue weighted by Gasteiger charge is 2.35. The van der Waals surface area contributed by atoms with Crippen LogP contribution in [0.3, 0.4) is 0 Å². The van der Waals surface area contributed by atoms with E-state index in [0.717, 1.165) is 42.4 Å². The van der Waals surface area contributed by atoms with Gasteiger partial charge in [0.25, 0.3) is 5.91 Å². The summed E-state index contributed by atoms with van der Waals surface area (Å²) in [7, 11) is 0. The molecule has 2 atom stereocenters. The van der Waals surface area contributed by atoms with Crippen LogP contribution in [0.1, 0.15) is 47.8 Å². The lowest BCUT2D eigenvalue weighted by molar-refractivity contribution is -0.120. The van der Waals surface area contributed by atoms with Crippen molar-refractivity contribution in [3.63, 3.8) is 0 Å². The Balaban J connectivity index is 1.31. The summed E-state index contributed by atoms with van der Waals surface area (Å²) in [5, 5.41) is 9.77. The van der Waals surface area contributed by atoms with Crippen LogP contribution in [-0.2, 0) is 4.79 Å². The zero-order chi connectivity index (χ0) is 27.8. The first kappa shape index (κ1) is 25.8. The van der Waals surface area contributed by atoms with Crippen molar-refractivity contribution in [3.8, 4) is 11.5 Å². The Hall–Kier alpha value is -4.44. The molecule has 0 bridgehead atoms. The van der Waals surface area contributed by atoms with Gasteiger partial charge in [-0.1, -0.05) is 31.0 Å². The van der Waals surface area contributed by atoms with Gasteiger partial charge in [-0.3, -0.25) is 14.5 Å². The number of amides is 4. The molecule has 204 valence electrons. The van der Waals surface area contributed by atoms with Crippen LogP contribution in [0.25, 0.3) is 10.2 Å². The number of ether oxygens (including phenoxy) is 1. The number of para-hydroxylation sites is 1. The smallest absolute Gasteiger partial charge is 0.331 e. The number of thiophene rings is 1. The first-order valence-electron chi connectivity index (χ1n) is 13.3. The highest BCUT2D eigenvalue weighted by Crippen LogP contribution is 2.46. The number of aromatic nitrogens is 1. The van der Waals surface area contributed by atoms with Crippen molar-refractivity contribution in [1.29, 1.82) is 0 Å². The van der Waals surface area contributed by atoms with Crippen molar-refractivity contribution in [1.82, 2.24) is 15.6 Å². The molecule has 9 nitrogen and oxygen atoms in total. The molecule has 2 aliphatic rings. The molecule has 0 spiro atoms. The average molecular weight is 556 g/mol. The fourth-order valence-electron chi connectivity index (χ4n) is 5.52. The van der Waals surface area contributed by atoms with Crippen LogP contribution in [-0.4, -0.2) is 34.9 Å². The molecular formula is C30H29N5O4S. The van der Waals surface area contributed by atoms with Crippen molar-refractivity contribution >= 4 is 56.5 Å². The number of pyridine rings is 1. The van der Waals surface area contributed by atoms with E-state index in [1.807, 2.05) is 55.5 Å². The predicted molar refractivity (Wildman–Crippen MR) is 156 cm³/mol. The summed E-state index contributed by atoms with van der Waals surface area (Å²) in [6.45, 7) is 3.42. The van der Waals surface area contributed by atoms with Crippen molar-refractivity contribution < 1.29 is 19.1 Å². The summed E-state index contributed by atoms with van der Waals surface area (Å²) in [6.07, 6.45) is 5.23. The number of benzene rings is 2. The van der Waals surface area contributed by atoms with Gasteiger partial charge in [0.15, 0.2) is 0 Å². The molecule has 3 N–H and O–H groups in total. The van der Waals surface area contributed by atoms with E-state index in [0.29, 0.717) is 32.5 Å². The number of aryl methyl sites for hydroxylation is 1. The maximum Gasteiger partial charge on any atom is 0.331 e. The molecule has 1 saturated carbocycles. The Morgan fingerprint density at radius 3 is 2.48 bits per heavy atom. The topological polar surface area (TPSA) is 113 Å². The Kier molecular flexibility index (Phi) is 6.85. The van der Waals surface area contributed by atoms with Crippen LogP contribution >= 0.6 is 11.3 Å². The Labute approximate surface area is 235 Å². The number of urea groups is 1. The van der Waals surface area contributed by atoms with Gasteiger partial charge in [0.1, 0.15) is 21.2 Å². The minimum Gasteiger partial charge on any atom is -0.457 e. The zero-order valence-corrected chi connectivity index (χ0v) is 23.0. The monoisotopic (exact) mass is 555 g/mol. The number of nitrogens with zero attached hydrogens (tertiary/aromatic N) is 2. The van der Waals surface area contributed by atoms with Crippen LogP contribution in [0.4, 0.5) is 21.9 Å². The molecule has 0 saturated heterocycles. The number of rotatable bonds is 6. The van der Waals surface area contributed by atoms with Crippen LogP contribution in [0.15, 0.2) is 60.8 Å². The Morgan fingerprint density at radius 2 is 1.75 bits per heavy atom. The lowest BCUT2D eigenvalue weighted by Gasteiger charge is -2.32. The Bertz CT molecular complexity index is 1620. The number of hydrogen-bond donors (Lipinski definition) is 3. The van der Waals surface area contributed by atoms with Crippen molar-refractivity contribution in [2.45, 2.75) is 51.6 Å². The molecule has 4 aromatic rings. The molecule has 2 aromatic carbocycles. The molecule has 1 aliphatic carbocycles. The molecule has 1 aliphatic heterocycles. The first-order chi connectivity index (χ1) is 19.4. The second-order valence-electron chi connectivity index (χ2n) is 10.1. The lowest BCUT2D eigenvalue weighted by Crippen LogP contribution is -2.52. The van der Waals surface area contributed by atoms with Gasteiger partial charge < -0.3 is 20.7 Å². The predicted octanol–water partition coefficient (Wildman–Crippen LogP) is 6.26. The Morgan fingerprint density at radius 1 is 1.00 bits per heavy atom. The van der Waals surface area contributed by atoms with E-state index in [1.54, 1.807) is 17.2 Å². The van der Waals surface area contributed by atoms with Gasteiger partial charge in [-0.25, -0.2) is 9.78 Å². The fourth-order valence-corrected chi connectivity index (χ4v) is 6.54. The van der Waals surface area contributed by atoms with Gasteiger partial charge in [-0.15, -0.1) is 11.3 Å². The van der Waals surface area contributed by atoms with E-state index in [4.69, 9.17) is 4.74 Å². The van der Waals surface area contributed by atoms with Crippen LogP contribution in [0.2, 0.25) is 0 Å². The van der Waals surface area contributed by atoms with Crippen molar-refractivity contribution in [2.75, 3.05) is 10.2 Å². The summed E-state index contributed by atoms with van der Waals surface area (Å²) >= 11 is 1.25. The molecule has 10 heteroatoms. The number of carbonyl (C=O) groups excluding carboxylic acids is 3. The summed E-state index contributed by atoms with van der Waals surface area (Å²) < 4.78 is 5.97. The third-order valence-corrected chi connectivity index (χ3v) is 8.41. The molecule has 3 heterocycles. The van der Waals surface area contributed by atoms with E-state index >= 15 is 0 Å². The molecule has 1 fully saturated rings. The quantitative estimate of drug-likeness (QED) is 0.260. The molecule has 4 amide bonds. The van der Waals surface area contributed by atoms with Gasteiger partial charge in [0, 0.05) is 25.2 Å². The zero-order valence-electron chi connectivity index (χ0n) is 22.2. The molecule has 0 radical (unpaired) electrons. The molecular weight excluding hydrogens is 526 g/mol. The number of nitrogens with one attached hydrogen (secondary N) is 3. The van der Waals surface area contributed by atoms with Gasteiger partial charge in [-0.05, 0) is 61.7 Å². The molecule has 40 heavy (non-hydrogen) atoms. The van der Waals surface area contributed by atoms with E-state index in [1.165, 1.54) is 18.3 Å². The van der Waals surface area contributed by atoms with E-state index < -0.39 is 0 Å². The number of anilines is 3. The molecule has 0 unspecified atom stereocenters. The molecule has 6 rings (SSSR count). The second-order valence-corrected chi connectivity index (χ2v) is 11.1. The van der Waals surface area contributed by atoms with Crippen molar-refractivity contribution in [2.24, 2.45) is 0 Å². The fraction of sp³-hybridized carbons (Fsp3) is 0.267. The van der Waals surface area contributed by atoms with Gasteiger partial charge in [-0.2, -0.15) is 0 Å². The third-order valence-electron chi connectivity index (χ3n) is 7.31. The van der Waals surface area contributed by atoms with E-state index in [9.17, 15) is 14.4 Å². The molecule has 2 aromatic heterocycles. The summed E-state index contributed by atoms with van der Waals surface area (Å²) in [5.41, 5.74) is 2.68. The van der Waals surface area contributed by atoms with Crippen LogP contribution in [0, 0.1) is 6.92 Å². The number of hydrogen-bond acceptors (Lipinski definition) is 6. The SMILES string of the molecule is CC(=O)N[C@H]1CCCC[C@H]1NC(=O)c1sc2nccc3c2c1NC(=O)N3c1ccc(Oc2ccccc2)cc1C. The van der Waals surface area contributed by atoms with Gasteiger partial charge >= 0.3 is 6.03 Å². The highest BCUT2D eigenvalue weighted by molar-refractivity contribution is 7.21. The maximum atomic E-state index is 13.6. The highest BCUT2D eigenvalue weighted by atomic mass is 32.1. The normalized spacial score (nSPS) is 18.2. The minimum absolute atomic E-state index is 0.112. The van der Waals surface area contributed by atoms with Crippen molar-refractivity contribution in [3.05, 3.63) is 71.2 Å². The van der Waals surface area contributed by atoms with Crippen LogP contribution < -0.4 is 25.6 Å². The van der Waals surface area contributed by atoms with Gasteiger partial charge in [0.05, 0.1) is 22.4 Å².